The zero-order chi connectivity index (χ0) is 17.2. The Morgan fingerprint density at radius 2 is 2.04 bits per heavy atom. The number of carbonyl (C=O) groups is 1. The van der Waals surface area contributed by atoms with Gasteiger partial charge in [0.25, 0.3) is 0 Å². The van der Waals surface area contributed by atoms with Crippen molar-refractivity contribution in [1.29, 1.82) is 0 Å². The van der Waals surface area contributed by atoms with Crippen molar-refractivity contribution in [3.63, 3.8) is 0 Å². The average molecular weight is 360 g/mol. The van der Waals surface area contributed by atoms with Gasteiger partial charge in [0.2, 0.25) is 5.13 Å². The molecule has 2 N–H and O–H groups in total. The highest BCUT2D eigenvalue weighted by Gasteiger charge is 2.27. The molecule has 0 bridgehead atoms. The SMILES string of the molecule is C[C@H](NC(=O)Nc1nnc(C2CC2)s1)c1ccc2c(c1)OCCCO2. The molecule has 2 aromatic rings. The van der Waals surface area contributed by atoms with E-state index in [0.717, 1.165) is 28.5 Å². The molecule has 1 saturated carbocycles. The van der Waals surface area contributed by atoms with Crippen molar-refractivity contribution in [3.05, 3.63) is 28.8 Å². The summed E-state index contributed by atoms with van der Waals surface area (Å²) in [7, 11) is 0. The number of hydrogen-bond acceptors (Lipinski definition) is 6. The molecule has 2 heterocycles. The molecule has 4 rings (SSSR count). The summed E-state index contributed by atoms with van der Waals surface area (Å²) in [5, 5.41) is 15.4. The number of fused-ring (bicyclic) bond motifs is 1. The highest BCUT2D eigenvalue weighted by Crippen LogP contribution is 2.42. The second-order valence-electron chi connectivity index (χ2n) is 6.30. The fourth-order valence-corrected chi connectivity index (χ4v) is 3.55. The van der Waals surface area contributed by atoms with E-state index in [0.29, 0.717) is 24.3 Å². The number of anilines is 1. The van der Waals surface area contributed by atoms with Gasteiger partial charge in [0.15, 0.2) is 11.5 Å². The fourth-order valence-electron chi connectivity index (χ4n) is 2.64. The van der Waals surface area contributed by atoms with Crippen molar-refractivity contribution in [1.82, 2.24) is 15.5 Å². The number of aromatic nitrogens is 2. The monoisotopic (exact) mass is 360 g/mol. The first-order valence-corrected chi connectivity index (χ1v) is 9.31. The van der Waals surface area contributed by atoms with E-state index in [4.69, 9.17) is 9.47 Å². The van der Waals surface area contributed by atoms with E-state index >= 15 is 0 Å². The zero-order valence-corrected chi connectivity index (χ0v) is 14.8. The Kier molecular flexibility index (Phi) is 4.44. The molecule has 0 saturated heterocycles. The summed E-state index contributed by atoms with van der Waals surface area (Å²) in [6.07, 6.45) is 3.20. The Balaban J connectivity index is 1.37. The molecular weight excluding hydrogens is 340 g/mol. The minimum Gasteiger partial charge on any atom is -0.490 e. The van der Waals surface area contributed by atoms with Gasteiger partial charge in [-0.05, 0) is 37.5 Å². The number of benzene rings is 1. The summed E-state index contributed by atoms with van der Waals surface area (Å²) in [6, 6.07) is 5.28. The van der Waals surface area contributed by atoms with Crippen LogP contribution in [0.15, 0.2) is 18.2 Å². The Bertz CT molecular complexity index is 775. The van der Waals surface area contributed by atoms with Crippen molar-refractivity contribution in [2.24, 2.45) is 0 Å². The van der Waals surface area contributed by atoms with Gasteiger partial charge in [0.1, 0.15) is 5.01 Å². The standard InChI is InChI=1S/C17H20N4O3S/c1-10(12-5-6-13-14(9-12)24-8-2-7-23-13)18-16(22)19-17-21-20-15(25-17)11-3-4-11/h5-6,9-11H,2-4,7-8H2,1H3,(H2,18,19,21,22)/t10-/m0/s1. The molecule has 2 aliphatic rings. The van der Waals surface area contributed by atoms with Gasteiger partial charge >= 0.3 is 6.03 Å². The van der Waals surface area contributed by atoms with Crippen molar-refractivity contribution >= 4 is 22.5 Å². The lowest BCUT2D eigenvalue weighted by atomic mass is 10.1. The molecule has 1 aromatic carbocycles. The van der Waals surface area contributed by atoms with Gasteiger partial charge in [-0.15, -0.1) is 10.2 Å². The molecule has 0 unspecified atom stereocenters. The number of hydrogen-bond donors (Lipinski definition) is 2. The van der Waals surface area contributed by atoms with Gasteiger partial charge in [-0.1, -0.05) is 17.4 Å². The third kappa shape index (κ3) is 3.84. The van der Waals surface area contributed by atoms with E-state index in [9.17, 15) is 4.79 Å². The molecule has 25 heavy (non-hydrogen) atoms. The van der Waals surface area contributed by atoms with E-state index < -0.39 is 0 Å². The second kappa shape index (κ2) is 6.87. The largest absolute Gasteiger partial charge is 0.490 e. The van der Waals surface area contributed by atoms with Gasteiger partial charge in [-0.25, -0.2) is 4.79 Å². The normalized spacial score (nSPS) is 17.5. The molecule has 1 atom stereocenters. The third-order valence-electron chi connectivity index (χ3n) is 4.21. The summed E-state index contributed by atoms with van der Waals surface area (Å²) < 4.78 is 11.3. The number of urea groups is 1. The number of nitrogens with one attached hydrogen (secondary N) is 2. The smallest absolute Gasteiger partial charge is 0.321 e. The lowest BCUT2D eigenvalue weighted by Gasteiger charge is -2.16. The van der Waals surface area contributed by atoms with Crippen LogP contribution in [0, 0.1) is 0 Å². The van der Waals surface area contributed by atoms with Crippen molar-refractivity contribution < 1.29 is 14.3 Å². The molecule has 0 radical (unpaired) electrons. The van der Waals surface area contributed by atoms with Gasteiger partial charge in [0, 0.05) is 12.3 Å². The first kappa shape index (κ1) is 16.1. The van der Waals surface area contributed by atoms with Crippen LogP contribution in [0.2, 0.25) is 0 Å². The van der Waals surface area contributed by atoms with Gasteiger partial charge in [-0.2, -0.15) is 0 Å². The average Bonchev–Trinajstić information content (AvgIpc) is 3.39. The predicted molar refractivity (Wildman–Crippen MR) is 94.5 cm³/mol. The number of amides is 2. The van der Waals surface area contributed by atoms with E-state index in [1.54, 1.807) is 0 Å². The molecule has 1 aliphatic heterocycles. The Morgan fingerprint density at radius 3 is 2.84 bits per heavy atom. The van der Waals surface area contributed by atoms with Crippen LogP contribution in [0.4, 0.5) is 9.93 Å². The van der Waals surface area contributed by atoms with Crippen LogP contribution in [-0.2, 0) is 0 Å². The number of ether oxygens (including phenoxy) is 2. The summed E-state index contributed by atoms with van der Waals surface area (Å²) in [4.78, 5) is 12.2. The third-order valence-corrected chi connectivity index (χ3v) is 5.21. The number of carbonyl (C=O) groups excluding carboxylic acids is 1. The molecule has 0 spiro atoms. The fraction of sp³-hybridized carbons (Fsp3) is 0.471. The maximum Gasteiger partial charge on any atom is 0.321 e. The van der Waals surface area contributed by atoms with Gasteiger partial charge < -0.3 is 14.8 Å². The van der Waals surface area contributed by atoms with Crippen molar-refractivity contribution in [3.8, 4) is 11.5 Å². The Morgan fingerprint density at radius 1 is 1.24 bits per heavy atom. The topological polar surface area (TPSA) is 85.4 Å². The number of nitrogens with zero attached hydrogens (tertiary/aromatic N) is 2. The van der Waals surface area contributed by atoms with E-state index in [1.165, 1.54) is 24.2 Å². The van der Waals surface area contributed by atoms with E-state index in [2.05, 4.69) is 20.8 Å². The second-order valence-corrected chi connectivity index (χ2v) is 7.31. The molecular formula is C17H20N4O3S. The summed E-state index contributed by atoms with van der Waals surface area (Å²) >= 11 is 1.44. The van der Waals surface area contributed by atoms with Gasteiger partial charge in [-0.3, -0.25) is 5.32 Å². The first-order chi connectivity index (χ1) is 12.2. The predicted octanol–water partition coefficient (Wildman–Crippen LogP) is 3.46. The van der Waals surface area contributed by atoms with E-state index in [-0.39, 0.29) is 12.1 Å². The lowest BCUT2D eigenvalue weighted by Crippen LogP contribution is -2.31. The molecule has 7 nitrogen and oxygen atoms in total. The molecule has 2 amide bonds. The first-order valence-electron chi connectivity index (χ1n) is 8.49. The lowest BCUT2D eigenvalue weighted by molar-refractivity contribution is 0.249. The zero-order valence-electron chi connectivity index (χ0n) is 13.9. The van der Waals surface area contributed by atoms with Crippen LogP contribution in [-0.4, -0.2) is 29.4 Å². The van der Waals surface area contributed by atoms with Crippen LogP contribution in [0.5, 0.6) is 11.5 Å². The molecule has 132 valence electrons. The maximum absolute atomic E-state index is 12.2. The van der Waals surface area contributed by atoms with Crippen molar-refractivity contribution in [2.75, 3.05) is 18.5 Å². The van der Waals surface area contributed by atoms with E-state index in [1.807, 2.05) is 25.1 Å². The molecule has 8 heteroatoms. The minimum absolute atomic E-state index is 0.173. The summed E-state index contributed by atoms with van der Waals surface area (Å²) in [6.45, 7) is 3.22. The van der Waals surface area contributed by atoms with Crippen LogP contribution >= 0.6 is 11.3 Å². The summed E-state index contributed by atoms with van der Waals surface area (Å²) in [5.41, 5.74) is 0.954. The molecule has 1 aromatic heterocycles. The maximum atomic E-state index is 12.2. The Hall–Kier alpha value is -2.35. The highest BCUT2D eigenvalue weighted by atomic mass is 32.1. The molecule has 1 fully saturated rings. The van der Waals surface area contributed by atoms with Crippen LogP contribution < -0.4 is 20.1 Å². The van der Waals surface area contributed by atoms with Crippen LogP contribution in [0.3, 0.4) is 0 Å². The quantitative estimate of drug-likeness (QED) is 0.872. The molecule has 1 aliphatic carbocycles. The van der Waals surface area contributed by atoms with Gasteiger partial charge in [0.05, 0.1) is 19.3 Å². The Labute approximate surface area is 149 Å². The minimum atomic E-state index is -0.293. The van der Waals surface area contributed by atoms with Crippen molar-refractivity contribution in [2.45, 2.75) is 38.1 Å². The highest BCUT2D eigenvalue weighted by molar-refractivity contribution is 7.15. The van der Waals surface area contributed by atoms with Crippen LogP contribution in [0.25, 0.3) is 0 Å². The van der Waals surface area contributed by atoms with Crippen LogP contribution in [0.1, 0.15) is 48.7 Å². The number of rotatable bonds is 4. The summed E-state index contributed by atoms with van der Waals surface area (Å²) in [5.74, 6) is 2.01.